The van der Waals surface area contributed by atoms with Crippen LogP contribution in [0.5, 0.6) is 17.2 Å². The van der Waals surface area contributed by atoms with E-state index in [9.17, 15) is 20.1 Å². The first-order chi connectivity index (χ1) is 10.6. The minimum atomic E-state index is -1.44. The van der Waals surface area contributed by atoms with E-state index < -0.39 is 11.7 Å². The number of para-hydroxylation sites is 1. The molecule has 1 unspecified atom stereocenters. The first-order valence-electron chi connectivity index (χ1n) is 6.53. The summed E-state index contributed by atoms with van der Waals surface area (Å²) in [5, 5.41) is 29.4. The summed E-state index contributed by atoms with van der Waals surface area (Å²) in [6.07, 6.45) is -1.44. The predicted octanol–water partition coefficient (Wildman–Crippen LogP) is 2.25. The Morgan fingerprint density at radius 3 is 2.68 bits per heavy atom. The Morgan fingerprint density at radius 1 is 1.09 bits per heavy atom. The van der Waals surface area contributed by atoms with Gasteiger partial charge in [-0.2, -0.15) is 0 Å². The molecule has 3 aromatic rings. The van der Waals surface area contributed by atoms with Crippen molar-refractivity contribution in [2.75, 3.05) is 0 Å². The Bertz CT molecular complexity index is 972. The van der Waals surface area contributed by atoms with Gasteiger partial charge in [0.1, 0.15) is 28.2 Å². The van der Waals surface area contributed by atoms with Crippen molar-refractivity contribution in [2.24, 2.45) is 0 Å². The number of hydrogen-bond acceptors (Lipinski definition) is 6. The monoisotopic (exact) mass is 298 g/mol. The lowest BCUT2D eigenvalue weighted by Gasteiger charge is -2.23. The molecule has 2 aromatic carbocycles. The highest BCUT2D eigenvalue weighted by molar-refractivity contribution is 5.90. The Balaban J connectivity index is 2.19. The summed E-state index contributed by atoms with van der Waals surface area (Å²) in [5.41, 5.74) is 0.0978. The molecule has 1 aromatic heterocycles. The third-order valence-electron chi connectivity index (χ3n) is 3.61. The van der Waals surface area contributed by atoms with Gasteiger partial charge in [0, 0.05) is 17.7 Å². The first-order valence-corrected chi connectivity index (χ1v) is 6.53. The molecule has 1 aliphatic heterocycles. The van der Waals surface area contributed by atoms with E-state index >= 15 is 0 Å². The van der Waals surface area contributed by atoms with E-state index in [1.54, 1.807) is 24.3 Å². The van der Waals surface area contributed by atoms with Gasteiger partial charge in [-0.05, 0) is 6.07 Å². The molecule has 0 aliphatic carbocycles. The Hall–Kier alpha value is -2.99. The van der Waals surface area contributed by atoms with Gasteiger partial charge in [0.15, 0.2) is 5.76 Å². The minimum absolute atomic E-state index is 0.0247. The molecule has 2 heterocycles. The van der Waals surface area contributed by atoms with Crippen LogP contribution in [0, 0.1) is 0 Å². The molecule has 1 atom stereocenters. The zero-order chi connectivity index (χ0) is 15.4. The van der Waals surface area contributed by atoms with Crippen molar-refractivity contribution < 1.29 is 24.5 Å². The second-order valence-electron chi connectivity index (χ2n) is 4.97. The van der Waals surface area contributed by atoms with E-state index in [0.717, 1.165) is 6.07 Å². The van der Waals surface area contributed by atoms with Crippen molar-refractivity contribution in [3.8, 4) is 28.4 Å². The Kier molecular flexibility index (Phi) is 2.46. The van der Waals surface area contributed by atoms with Crippen LogP contribution in [0.2, 0.25) is 0 Å². The topological polar surface area (TPSA) is 100 Å². The van der Waals surface area contributed by atoms with E-state index in [-0.39, 0.29) is 33.8 Å². The van der Waals surface area contributed by atoms with Gasteiger partial charge in [-0.1, -0.05) is 18.2 Å². The molecule has 6 nitrogen and oxygen atoms in total. The van der Waals surface area contributed by atoms with Gasteiger partial charge in [-0.25, -0.2) is 0 Å². The van der Waals surface area contributed by atoms with Crippen LogP contribution in [0.15, 0.2) is 45.6 Å². The lowest BCUT2D eigenvalue weighted by Crippen LogP contribution is -2.19. The van der Waals surface area contributed by atoms with Gasteiger partial charge in [0.05, 0.1) is 5.56 Å². The molecular formula is C16H10O6. The molecule has 0 amide bonds. The Labute approximate surface area is 123 Å². The summed E-state index contributed by atoms with van der Waals surface area (Å²) in [6, 6.07) is 9.00. The molecule has 3 N–H and O–H groups in total. The quantitative estimate of drug-likeness (QED) is 0.588. The summed E-state index contributed by atoms with van der Waals surface area (Å²) >= 11 is 0. The smallest absolute Gasteiger partial charge is 0.257 e. The molecule has 0 fully saturated rings. The standard InChI is InChI=1S/C16H10O6/c17-7-5-9(18)13-11(6-7)21-15-12(14(13)19)8-3-1-2-4-10(8)22-16(15)20/h1-6,16-18,20H. The second kappa shape index (κ2) is 4.25. The number of aliphatic hydroxyl groups is 1. The van der Waals surface area contributed by atoms with Gasteiger partial charge in [0.25, 0.3) is 6.29 Å². The van der Waals surface area contributed by atoms with Crippen LogP contribution in [0.25, 0.3) is 22.1 Å². The summed E-state index contributed by atoms with van der Waals surface area (Å²) in [6.45, 7) is 0. The number of benzene rings is 2. The number of phenolic OH excluding ortho intramolecular Hbond substituents is 2. The summed E-state index contributed by atoms with van der Waals surface area (Å²) in [4.78, 5) is 12.7. The van der Waals surface area contributed by atoms with E-state index in [2.05, 4.69) is 0 Å². The number of ether oxygens (including phenoxy) is 1. The Morgan fingerprint density at radius 2 is 1.86 bits per heavy atom. The molecule has 110 valence electrons. The fourth-order valence-electron chi connectivity index (χ4n) is 2.68. The van der Waals surface area contributed by atoms with Gasteiger partial charge >= 0.3 is 0 Å². The lowest BCUT2D eigenvalue weighted by molar-refractivity contribution is -0.0376. The average molecular weight is 298 g/mol. The van der Waals surface area contributed by atoms with Crippen LogP contribution >= 0.6 is 0 Å². The highest BCUT2D eigenvalue weighted by atomic mass is 16.6. The second-order valence-corrected chi connectivity index (χ2v) is 4.97. The van der Waals surface area contributed by atoms with Crippen LogP contribution < -0.4 is 10.2 Å². The molecule has 0 saturated heterocycles. The summed E-state index contributed by atoms with van der Waals surface area (Å²) < 4.78 is 10.8. The summed E-state index contributed by atoms with van der Waals surface area (Å²) in [7, 11) is 0. The third kappa shape index (κ3) is 1.61. The largest absolute Gasteiger partial charge is 0.508 e. The van der Waals surface area contributed by atoms with Crippen LogP contribution in [-0.2, 0) is 0 Å². The van der Waals surface area contributed by atoms with Gasteiger partial charge < -0.3 is 24.5 Å². The highest BCUT2D eigenvalue weighted by Crippen LogP contribution is 2.41. The van der Waals surface area contributed by atoms with Gasteiger partial charge in [-0.15, -0.1) is 0 Å². The maximum atomic E-state index is 12.7. The molecule has 0 saturated carbocycles. The summed E-state index contributed by atoms with van der Waals surface area (Å²) in [5.74, 6) is -0.335. The maximum Gasteiger partial charge on any atom is 0.257 e. The van der Waals surface area contributed by atoms with Crippen molar-refractivity contribution in [3.63, 3.8) is 0 Å². The number of hydrogen-bond donors (Lipinski definition) is 3. The highest BCUT2D eigenvalue weighted by Gasteiger charge is 2.31. The fraction of sp³-hybridized carbons (Fsp3) is 0.0625. The molecule has 6 heteroatoms. The van der Waals surface area contributed by atoms with Gasteiger partial charge in [-0.3, -0.25) is 4.79 Å². The zero-order valence-corrected chi connectivity index (χ0v) is 11.1. The van der Waals surface area contributed by atoms with Crippen molar-refractivity contribution in [2.45, 2.75) is 6.29 Å². The third-order valence-corrected chi connectivity index (χ3v) is 3.61. The lowest BCUT2D eigenvalue weighted by atomic mass is 9.98. The number of aliphatic hydroxyl groups excluding tert-OH is 1. The molecule has 0 spiro atoms. The van der Waals surface area contributed by atoms with Crippen molar-refractivity contribution in [1.29, 1.82) is 0 Å². The molecule has 22 heavy (non-hydrogen) atoms. The van der Waals surface area contributed by atoms with E-state index in [1.165, 1.54) is 6.07 Å². The van der Waals surface area contributed by atoms with Crippen molar-refractivity contribution >= 4 is 11.0 Å². The maximum absolute atomic E-state index is 12.7. The van der Waals surface area contributed by atoms with Crippen LogP contribution in [-0.4, -0.2) is 15.3 Å². The molecule has 1 aliphatic rings. The van der Waals surface area contributed by atoms with Crippen molar-refractivity contribution in [3.05, 3.63) is 52.4 Å². The first kappa shape index (κ1) is 12.7. The van der Waals surface area contributed by atoms with Crippen LogP contribution in [0.3, 0.4) is 0 Å². The number of rotatable bonds is 0. The van der Waals surface area contributed by atoms with E-state index in [1.807, 2.05) is 0 Å². The minimum Gasteiger partial charge on any atom is -0.508 e. The van der Waals surface area contributed by atoms with Crippen molar-refractivity contribution in [1.82, 2.24) is 0 Å². The molecule has 0 bridgehead atoms. The van der Waals surface area contributed by atoms with Crippen LogP contribution in [0.4, 0.5) is 0 Å². The normalized spacial score (nSPS) is 16.0. The SMILES string of the molecule is O=c1c2c(oc3cc(O)cc(O)c13)C(O)Oc1ccccc1-2. The molecular weight excluding hydrogens is 288 g/mol. The van der Waals surface area contributed by atoms with E-state index in [4.69, 9.17) is 9.15 Å². The number of phenols is 2. The number of fused-ring (bicyclic) bond motifs is 4. The molecule has 4 rings (SSSR count). The zero-order valence-electron chi connectivity index (χ0n) is 11.1. The number of aromatic hydroxyl groups is 2. The fourth-order valence-corrected chi connectivity index (χ4v) is 2.68. The van der Waals surface area contributed by atoms with Gasteiger partial charge in [0.2, 0.25) is 5.43 Å². The average Bonchev–Trinajstić information content (AvgIpc) is 2.46. The van der Waals surface area contributed by atoms with E-state index in [0.29, 0.717) is 11.3 Å². The molecule has 0 radical (unpaired) electrons. The predicted molar refractivity (Wildman–Crippen MR) is 76.8 cm³/mol. The van der Waals surface area contributed by atoms with Crippen LogP contribution in [0.1, 0.15) is 12.1 Å².